The van der Waals surface area contributed by atoms with Gasteiger partial charge in [0.1, 0.15) is 10.6 Å². The number of aromatic nitrogens is 2. The van der Waals surface area contributed by atoms with Crippen LogP contribution in [0.5, 0.6) is 0 Å². The van der Waals surface area contributed by atoms with Gasteiger partial charge in [0.05, 0.1) is 5.39 Å². The molecule has 0 saturated heterocycles. The summed E-state index contributed by atoms with van der Waals surface area (Å²) >= 11 is 1.59. The van der Waals surface area contributed by atoms with Gasteiger partial charge in [0.15, 0.2) is 0 Å². The average Bonchev–Trinajstić information content (AvgIpc) is 2.78. The van der Waals surface area contributed by atoms with Crippen LogP contribution in [0.25, 0.3) is 10.2 Å². The molecular formula is C12H17N5S. The first-order valence-electron chi connectivity index (χ1n) is 6.06. The Labute approximate surface area is 110 Å². The smallest absolute Gasteiger partial charge is 0.240 e. The molecular weight excluding hydrogens is 246 g/mol. The lowest BCUT2D eigenvalue weighted by Gasteiger charge is -2.09. The summed E-state index contributed by atoms with van der Waals surface area (Å²) in [5.74, 6) is 7.46. The molecule has 96 valence electrons. The molecule has 6 heteroatoms. The average molecular weight is 263 g/mol. The van der Waals surface area contributed by atoms with Gasteiger partial charge in [0, 0.05) is 6.54 Å². The summed E-state index contributed by atoms with van der Waals surface area (Å²) in [4.78, 5) is 9.66. The molecule has 1 unspecified atom stereocenters. The highest BCUT2D eigenvalue weighted by molar-refractivity contribution is 7.16. The zero-order valence-corrected chi connectivity index (χ0v) is 11.3. The molecule has 0 radical (unpaired) electrons. The standard InChI is InChI=1S/C12H17N5S/c1-12(2)5-7(12)6-14-9-8-3-4-18-10(8)16-11(15-9)17-13/h3-4,7H,5-6,13H2,1-2H3,(H2,14,15,16,17). The highest BCUT2D eigenvalue weighted by Gasteiger charge is 2.45. The number of fused-ring (bicyclic) bond motifs is 1. The van der Waals surface area contributed by atoms with E-state index in [0.29, 0.717) is 11.4 Å². The molecule has 0 amide bonds. The van der Waals surface area contributed by atoms with Crippen LogP contribution in [0.2, 0.25) is 0 Å². The summed E-state index contributed by atoms with van der Waals surface area (Å²) in [6.45, 7) is 5.55. The molecule has 1 aliphatic carbocycles. The van der Waals surface area contributed by atoms with Crippen molar-refractivity contribution < 1.29 is 0 Å². The highest BCUT2D eigenvalue weighted by atomic mass is 32.1. The molecule has 1 saturated carbocycles. The number of nitrogens with one attached hydrogen (secondary N) is 2. The predicted octanol–water partition coefficient (Wildman–Crippen LogP) is 2.43. The van der Waals surface area contributed by atoms with E-state index in [-0.39, 0.29) is 0 Å². The number of thiophene rings is 1. The summed E-state index contributed by atoms with van der Waals surface area (Å²) < 4.78 is 0. The van der Waals surface area contributed by atoms with Gasteiger partial charge in [-0.1, -0.05) is 13.8 Å². The van der Waals surface area contributed by atoms with Gasteiger partial charge in [-0.2, -0.15) is 4.98 Å². The van der Waals surface area contributed by atoms with Gasteiger partial charge < -0.3 is 5.32 Å². The van der Waals surface area contributed by atoms with Gasteiger partial charge in [-0.3, -0.25) is 5.43 Å². The zero-order chi connectivity index (χ0) is 12.8. The maximum absolute atomic E-state index is 5.39. The highest BCUT2D eigenvalue weighted by Crippen LogP contribution is 2.51. The summed E-state index contributed by atoms with van der Waals surface area (Å²) in [5.41, 5.74) is 2.99. The van der Waals surface area contributed by atoms with E-state index in [0.717, 1.165) is 28.5 Å². The number of rotatable bonds is 4. The lowest BCUT2D eigenvalue weighted by Crippen LogP contribution is -2.13. The fourth-order valence-electron chi connectivity index (χ4n) is 2.20. The van der Waals surface area contributed by atoms with Crippen molar-refractivity contribution >= 4 is 33.3 Å². The number of hydrogen-bond donors (Lipinski definition) is 3. The van der Waals surface area contributed by atoms with Crippen molar-refractivity contribution in [1.29, 1.82) is 0 Å². The molecule has 18 heavy (non-hydrogen) atoms. The lowest BCUT2D eigenvalue weighted by molar-refractivity contribution is 0.573. The van der Waals surface area contributed by atoms with E-state index < -0.39 is 0 Å². The maximum Gasteiger partial charge on any atom is 0.240 e. The first kappa shape index (κ1) is 11.7. The Morgan fingerprint density at radius 3 is 2.94 bits per heavy atom. The van der Waals surface area contributed by atoms with Crippen LogP contribution >= 0.6 is 11.3 Å². The molecule has 0 bridgehead atoms. The molecule has 2 aromatic heterocycles. The second-order valence-corrected chi connectivity index (χ2v) is 6.34. The molecule has 3 rings (SSSR count). The van der Waals surface area contributed by atoms with E-state index in [1.807, 2.05) is 11.4 Å². The van der Waals surface area contributed by atoms with Crippen LogP contribution in [0.3, 0.4) is 0 Å². The predicted molar refractivity (Wildman–Crippen MR) is 75.6 cm³/mol. The first-order chi connectivity index (χ1) is 8.60. The first-order valence-corrected chi connectivity index (χ1v) is 6.94. The summed E-state index contributed by atoms with van der Waals surface area (Å²) in [5, 5.41) is 6.51. The molecule has 0 spiro atoms. The third-order valence-electron chi connectivity index (χ3n) is 3.69. The van der Waals surface area contributed by atoms with Crippen LogP contribution in [-0.4, -0.2) is 16.5 Å². The van der Waals surface area contributed by atoms with Gasteiger partial charge in [-0.15, -0.1) is 11.3 Å². The Balaban J connectivity index is 1.83. The Morgan fingerprint density at radius 1 is 1.50 bits per heavy atom. The SMILES string of the molecule is CC1(C)CC1CNc1nc(NN)nc2sccc12. The third kappa shape index (κ3) is 2.02. The number of nitrogens with zero attached hydrogens (tertiary/aromatic N) is 2. The number of hydrogen-bond acceptors (Lipinski definition) is 6. The van der Waals surface area contributed by atoms with Crippen LogP contribution in [0.1, 0.15) is 20.3 Å². The lowest BCUT2D eigenvalue weighted by atomic mass is 10.1. The number of nitrogen functional groups attached to an aromatic ring is 1. The van der Waals surface area contributed by atoms with Gasteiger partial charge in [0.25, 0.3) is 0 Å². The van der Waals surface area contributed by atoms with Crippen LogP contribution in [0.4, 0.5) is 11.8 Å². The Hall–Kier alpha value is -1.40. The zero-order valence-electron chi connectivity index (χ0n) is 10.5. The van der Waals surface area contributed by atoms with Crippen molar-refractivity contribution in [2.45, 2.75) is 20.3 Å². The van der Waals surface area contributed by atoms with Gasteiger partial charge in [-0.05, 0) is 29.2 Å². The number of hydrazine groups is 1. The van der Waals surface area contributed by atoms with Gasteiger partial charge in [-0.25, -0.2) is 10.8 Å². The Kier molecular flexibility index (Phi) is 2.64. The summed E-state index contributed by atoms with van der Waals surface area (Å²) in [6, 6.07) is 2.04. The van der Waals surface area contributed by atoms with E-state index in [1.165, 1.54) is 6.42 Å². The largest absolute Gasteiger partial charge is 0.369 e. The molecule has 1 aliphatic rings. The minimum absolute atomic E-state index is 0.461. The fraction of sp³-hybridized carbons (Fsp3) is 0.500. The van der Waals surface area contributed by atoms with Crippen molar-refractivity contribution in [3.05, 3.63) is 11.4 Å². The van der Waals surface area contributed by atoms with Crippen molar-refractivity contribution in [3.63, 3.8) is 0 Å². The minimum atomic E-state index is 0.461. The van der Waals surface area contributed by atoms with E-state index >= 15 is 0 Å². The number of nitrogens with two attached hydrogens (primary N) is 1. The second kappa shape index (κ2) is 4.07. The van der Waals surface area contributed by atoms with Gasteiger partial charge in [0.2, 0.25) is 5.95 Å². The van der Waals surface area contributed by atoms with E-state index in [2.05, 4.69) is 34.6 Å². The van der Waals surface area contributed by atoms with Crippen LogP contribution in [-0.2, 0) is 0 Å². The molecule has 5 nitrogen and oxygen atoms in total. The Bertz CT molecular complexity index is 577. The van der Waals surface area contributed by atoms with Gasteiger partial charge >= 0.3 is 0 Å². The molecule has 4 N–H and O–H groups in total. The monoisotopic (exact) mass is 263 g/mol. The topological polar surface area (TPSA) is 75.9 Å². The molecule has 1 atom stereocenters. The molecule has 2 heterocycles. The van der Waals surface area contributed by atoms with Crippen molar-refractivity contribution in [2.75, 3.05) is 17.3 Å². The number of anilines is 2. The molecule has 2 aromatic rings. The maximum atomic E-state index is 5.39. The second-order valence-electron chi connectivity index (χ2n) is 5.45. The van der Waals surface area contributed by atoms with E-state index in [4.69, 9.17) is 5.84 Å². The quantitative estimate of drug-likeness (QED) is 0.583. The van der Waals surface area contributed by atoms with Crippen molar-refractivity contribution in [3.8, 4) is 0 Å². The molecule has 1 fully saturated rings. The molecule has 0 aromatic carbocycles. The summed E-state index contributed by atoms with van der Waals surface area (Å²) in [6.07, 6.45) is 1.28. The van der Waals surface area contributed by atoms with E-state index in [1.54, 1.807) is 11.3 Å². The normalized spacial score (nSPS) is 20.9. The van der Waals surface area contributed by atoms with E-state index in [9.17, 15) is 0 Å². The summed E-state index contributed by atoms with van der Waals surface area (Å²) in [7, 11) is 0. The van der Waals surface area contributed by atoms with Crippen LogP contribution in [0.15, 0.2) is 11.4 Å². The van der Waals surface area contributed by atoms with Crippen molar-refractivity contribution in [2.24, 2.45) is 17.2 Å². The van der Waals surface area contributed by atoms with Crippen molar-refractivity contribution in [1.82, 2.24) is 9.97 Å². The van der Waals surface area contributed by atoms with Crippen LogP contribution in [0, 0.1) is 11.3 Å². The Morgan fingerprint density at radius 2 is 2.28 bits per heavy atom. The fourth-order valence-corrected chi connectivity index (χ4v) is 2.96. The third-order valence-corrected chi connectivity index (χ3v) is 4.49. The van der Waals surface area contributed by atoms with Crippen LogP contribution < -0.4 is 16.6 Å². The molecule has 0 aliphatic heterocycles. The minimum Gasteiger partial charge on any atom is -0.369 e.